The van der Waals surface area contributed by atoms with E-state index in [0.29, 0.717) is 40.7 Å². The summed E-state index contributed by atoms with van der Waals surface area (Å²) in [5.41, 5.74) is 10.7. The SMILES string of the molecule is Cc1cccc2c(O)cc3c(c12)[C@H](CCl)CN3C(=O)c1cn2cc(NC(=O)c3ccc(N)cc3)ccc2n1. The molecule has 0 radical (unpaired) electrons. The molecule has 0 saturated heterocycles. The van der Waals surface area contributed by atoms with Crippen molar-refractivity contribution < 1.29 is 14.7 Å². The number of aryl methyl sites for hydroxylation is 1. The van der Waals surface area contributed by atoms with Gasteiger partial charge in [0.25, 0.3) is 11.8 Å². The van der Waals surface area contributed by atoms with Crippen LogP contribution in [0.2, 0.25) is 0 Å². The summed E-state index contributed by atoms with van der Waals surface area (Å²) in [4.78, 5) is 32.5. The zero-order chi connectivity index (χ0) is 26.6. The molecule has 9 heteroatoms. The molecular formula is C29H24ClN5O3. The van der Waals surface area contributed by atoms with Crippen molar-refractivity contribution >= 4 is 56.9 Å². The van der Waals surface area contributed by atoms with Crippen LogP contribution in [0.1, 0.15) is 37.9 Å². The Bertz CT molecular complexity index is 1750. The van der Waals surface area contributed by atoms with E-state index in [1.807, 2.05) is 25.1 Å². The number of aromatic nitrogens is 2. The Hall–Kier alpha value is -4.56. The van der Waals surface area contributed by atoms with Gasteiger partial charge in [0.1, 0.15) is 17.1 Å². The third kappa shape index (κ3) is 3.90. The second-order valence-corrected chi connectivity index (χ2v) is 9.79. The molecule has 0 fully saturated rings. The molecule has 0 spiro atoms. The molecule has 5 aromatic rings. The number of imidazole rings is 1. The van der Waals surface area contributed by atoms with E-state index in [0.717, 1.165) is 21.9 Å². The fourth-order valence-electron chi connectivity index (χ4n) is 5.16. The Morgan fingerprint density at radius 1 is 1.13 bits per heavy atom. The number of nitrogen functional groups attached to an aromatic ring is 1. The van der Waals surface area contributed by atoms with Gasteiger partial charge in [-0.25, -0.2) is 4.98 Å². The normalized spacial score (nSPS) is 14.7. The second-order valence-electron chi connectivity index (χ2n) is 9.48. The standard InChI is InChI=1S/C29H24ClN5O3/c1-16-3-2-4-21-24(36)11-23-27(26(16)21)18(12-30)13-35(23)29(38)22-15-34-14-20(9-10-25(34)33-22)32-28(37)17-5-7-19(31)8-6-17/h2-11,14-15,18,36H,12-13,31H2,1H3,(H,32,37)/t18-/m1/s1. The number of pyridine rings is 1. The van der Waals surface area contributed by atoms with Crippen LogP contribution >= 0.6 is 11.6 Å². The third-order valence-corrected chi connectivity index (χ3v) is 7.37. The molecule has 3 aromatic carbocycles. The lowest BCUT2D eigenvalue weighted by Crippen LogP contribution is -2.30. The number of nitrogens with one attached hydrogen (secondary N) is 1. The van der Waals surface area contributed by atoms with Gasteiger partial charge in [-0.15, -0.1) is 11.6 Å². The van der Waals surface area contributed by atoms with Crippen LogP contribution < -0.4 is 16.0 Å². The average molecular weight is 526 g/mol. The van der Waals surface area contributed by atoms with Crippen LogP contribution in [-0.2, 0) is 0 Å². The second kappa shape index (κ2) is 9.08. The minimum absolute atomic E-state index is 0.0769. The monoisotopic (exact) mass is 525 g/mol. The predicted octanol–water partition coefficient (Wildman–Crippen LogP) is 5.32. The summed E-state index contributed by atoms with van der Waals surface area (Å²) in [7, 11) is 0. The Balaban J connectivity index is 1.33. The molecule has 1 atom stereocenters. The number of anilines is 3. The van der Waals surface area contributed by atoms with Gasteiger partial charge in [-0.3, -0.25) is 9.59 Å². The van der Waals surface area contributed by atoms with Gasteiger partial charge in [-0.2, -0.15) is 0 Å². The van der Waals surface area contributed by atoms with Crippen LogP contribution in [0.5, 0.6) is 5.75 Å². The lowest BCUT2D eigenvalue weighted by atomic mass is 9.92. The Morgan fingerprint density at radius 2 is 1.92 bits per heavy atom. The number of carbonyl (C=O) groups excluding carboxylic acids is 2. The molecule has 2 amide bonds. The highest BCUT2D eigenvalue weighted by Gasteiger charge is 2.36. The van der Waals surface area contributed by atoms with Crippen LogP contribution in [0.4, 0.5) is 17.1 Å². The molecule has 1 aliphatic heterocycles. The third-order valence-electron chi connectivity index (χ3n) is 7.00. The molecular weight excluding hydrogens is 502 g/mol. The maximum absolute atomic E-state index is 13.7. The number of rotatable bonds is 4. The van der Waals surface area contributed by atoms with Crippen molar-refractivity contribution in [3.63, 3.8) is 0 Å². The first-order valence-corrected chi connectivity index (χ1v) is 12.7. The van der Waals surface area contributed by atoms with E-state index < -0.39 is 0 Å². The van der Waals surface area contributed by atoms with Gasteiger partial charge in [0.05, 0.1) is 11.4 Å². The largest absolute Gasteiger partial charge is 0.507 e. The smallest absolute Gasteiger partial charge is 0.278 e. The maximum atomic E-state index is 13.7. The molecule has 0 saturated carbocycles. The number of hydrogen-bond acceptors (Lipinski definition) is 5. The van der Waals surface area contributed by atoms with E-state index in [4.69, 9.17) is 17.3 Å². The predicted molar refractivity (Wildman–Crippen MR) is 149 cm³/mol. The van der Waals surface area contributed by atoms with Crippen molar-refractivity contribution in [2.75, 3.05) is 28.4 Å². The fraction of sp³-hybridized carbons (Fsp3) is 0.138. The first-order chi connectivity index (χ1) is 18.3. The molecule has 3 heterocycles. The molecule has 1 aliphatic rings. The molecule has 0 bridgehead atoms. The number of nitrogens with two attached hydrogens (primary N) is 1. The molecule has 190 valence electrons. The summed E-state index contributed by atoms with van der Waals surface area (Å²) in [6, 6.07) is 17.5. The minimum Gasteiger partial charge on any atom is -0.507 e. The van der Waals surface area contributed by atoms with E-state index in [1.165, 1.54) is 0 Å². The lowest BCUT2D eigenvalue weighted by Gasteiger charge is -2.17. The van der Waals surface area contributed by atoms with Gasteiger partial charge in [0.15, 0.2) is 0 Å². The maximum Gasteiger partial charge on any atom is 0.278 e. The van der Waals surface area contributed by atoms with Crippen molar-refractivity contribution in [2.24, 2.45) is 0 Å². The summed E-state index contributed by atoms with van der Waals surface area (Å²) in [6.07, 6.45) is 3.34. The van der Waals surface area contributed by atoms with E-state index in [2.05, 4.69) is 10.3 Å². The minimum atomic E-state index is -0.289. The highest BCUT2D eigenvalue weighted by Crippen LogP contribution is 2.46. The molecule has 0 unspecified atom stereocenters. The number of halogens is 1. The van der Waals surface area contributed by atoms with Gasteiger partial charge < -0.3 is 25.5 Å². The number of phenols is 1. The zero-order valence-electron chi connectivity index (χ0n) is 20.5. The number of carbonyl (C=O) groups is 2. The van der Waals surface area contributed by atoms with Crippen molar-refractivity contribution in [3.8, 4) is 5.75 Å². The molecule has 0 aliphatic carbocycles. The zero-order valence-corrected chi connectivity index (χ0v) is 21.2. The van der Waals surface area contributed by atoms with E-state index >= 15 is 0 Å². The number of nitrogens with zero attached hydrogens (tertiary/aromatic N) is 3. The summed E-state index contributed by atoms with van der Waals surface area (Å²) >= 11 is 6.36. The van der Waals surface area contributed by atoms with Crippen LogP contribution in [0.15, 0.2) is 73.1 Å². The van der Waals surface area contributed by atoms with Gasteiger partial charge in [0.2, 0.25) is 0 Å². The van der Waals surface area contributed by atoms with Gasteiger partial charge in [0, 0.05) is 53.4 Å². The van der Waals surface area contributed by atoms with Gasteiger partial charge in [-0.1, -0.05) is 18.2 Å². The Kier molecular flexibility index (Phi) is 5.69. The van der Waals surface area contributed by atoms with Crippen LogP contribution in [0.3, 0.4) is 0 Å². The Labute approximate surface area is 223 Å². The van der Waals surface area contributed by atoms with Gasteiger partial charge in [-0.05, 0) is 59.8 Å². The van der Waals surface area contributed by atoms with Crippen LogP contribution in [-0.4, -0.2) is 38.7 Å². The summed E-state index contributed by atoms with van der Waals surface area (Å²) < 4.78 is 1.70. The number of benzene rings is 3. The highest BCUT2D eigenvalue weighted by molar-refractivity contribution is 6.19. The van der Waals surface area contributed by atoms with E-state index in [1.54, 1.807) is 64.2 Å². The molecule has 2 aromatic heterocycles. The lowest BCUT2D eigenvalue weighted by molar-refractivity contribution is 0.0982. The summed E-state index contributed by atoms with van der Waals surface area (Å²) in [5.74, 6) is -0.182. The van der Waals surface area contributed by atoms with Crippen LogP contribution in [0, 0.1) is 6.92 Å². The molecule has 6 rings (SSSR count). The van der Waals surface area contributed by atoms with Crippen LogP contribution in [0.25, 0.3) is 16.4 Å². The molecule has 4 N–H and O–H groups in total. The van der Waals surface area contributed by atoms with Crippen molar-refractivity contribution in [1.82, 2.24) is 9.38 Å². The van der Waals surface area contributed by atoms with Crippen molar-refractivity contribution in [2.45, 2.75) is 12.8 Å². The Morgan fingerprint density at radius 3 is 2.68 bits per heavy atom. The average Bonchev–Trinajstić information content (AvgIpc) is 3.50. The summed E-state index contributed by atoms with van der Waals surface area (Å²) in [6.45, 7) is 2.38. The fourth-order valence-corrected chi connectivity index (χ4v) is 5.41. The number of fused-ring (bicyclic) bond motifs is 4. The number of aromatic hydroxyl groups is 1. The number of amides is 2. The highest BCUT2D eigenvalue weighted by atomic mass is 35.5. The van der Waals surface area contributed by atoms with Crippen molar-refractivity contribution in [3.05, 3.63) is 95.4 Å². The first kappa shape index (κ1) is 23.8. The first-order valence-electron chi connectivity index (χ1n) is 12.1. The number of alkyl halides is 1. The van der Waals surface area contributed by atoms with E-state index in [9.17, 15) is 14.7 Å². The summed E-state index contributed by atoms with van der Waals surface area (Å²) in [5, 5.41) is 15.3. The number of hydrogen-bond donors (Lipinski definition) is 3. The van der Waals surface area contributed by atoms with Gasteiger partial charge >= 0.3 is 0 Å². The van der Waals surface area contributed by atoms with E-state index in [-0.39, 0.29) is 29.2 Å². The topological polar surface area (TPSA) is 113 Å². The molecule has 8 nitrogen and oxygen atoms in total. The quantitative estimate of drug-likeness (QED) is 0.217. The number of phenolic OH excluding ortho intramolecular Hbond substituents is 1. The van der Waals surface area contributed by atoms with Crippen molar-refractivity contribution in [1.29, 1.82) is 0 Å². The molecule has 38 heavy (non-hydrogen) atoms.